The van der Waals surface area contributed by atoms with Crippen LogP contribution in [-0.2, 0) is 11.2 Å². The van der Waals surface area contributed by atoms with Crippen molar-refractivity contribution >= 4 is 16.7 Å². The average molecular weight is 520 g/mol. The number of ether oxygens (including phenoxy) is 1. The number of hydrogen-bond acceptors (Lipinski definition) is 3. The average Bonchev–Trinajstić information content (AvgIpc) is 2.92. The van der Waals surface area contributed by atoms with Crippen LogP contribution < -0.4 is 4.74 Å². The molecule has 210 valence electrons. The van der Waals surface area contributed by atoms with Gasteiger partial charge in [-0.25, -0.2) is 0 Å². The number of likely N-dealkylation sites (N-methyl/N-ethyl adjacent to an activating group) is 1. The van der Waals surface area contributed by atoms with Gasteiger partial charge in [-0.15, -0.1) is 5.92 Å². The highest BCUT2D eigenvalue weighted by Crippen LogP contribution is 2.30. The van der Waals surface area contributed by atoms with Gasteiger partial charge in [0.25, 0.3) is 0 Å². The summed E-state index contributed by atoms with van der Waals surface area (Å²) in [6, 6.07) is 12.7. The van der Waals surface area contributed by atoms with Gasteiger partial charge in [0.1, 0.15) is 5.75 Å². The van der Waals surface area contributed by atoms with Crippen molar-refractivity contribution in [1.29, 1.82) is 0 Å². The lowest BCUT2D eigenvalue weighted by molar-refractivity contribution is -0.134. The highest BCUT2D eigenvalue weighted by molar-refractivity contribution is 5.93. The van der Waals surface area contributed by atoms with Gasteiger partial charge in [-0.1, -0.05) is 101 Å². The maximum absolute atomic E-state index is 12.6. The van der Waals surface area contributed by atoms with Gasteiger partial charge in [-0.2, -0.15) is 0 Å². The maximum atomic E-state index is 12.6. The SMILES string of the molecule is CC.CCCCCC#CC/C=C\CCCCCCCC(=O)Oc1cccc2cccc(CC(C)N(C)C)c12. The molecule has 3 nitrogen and oxygen atoms in total. The Hall–Kier alpha value is -2.57. The molecule has 0 bridgehead atoms. The summed E-state index contributed by atoms with van der Waals surface area (Å²) in [6.45, 7) is 8.44. The van der Waals surface area contributed by atoms with Gasteiger partial charge in [0.2, 0.25) is 0 Å². The molecule has 2 rings (SSSR count). The van der Waals surface area contributed by atoms with Crippen molar-refractivity contribution in [2.75, 3.05) is 14.1 Å². The van der Waals surface area contributed by atoms with E-state index < -0.39 is 0 Å². The summed E-state index contributed by atoms with van der Waals surface area (Å²) >= 11 is 0. The highest BCUT2D eigenvalue weighted by atomic mass is 16.5. The lowest BCUT2D eigenvalue weighted by atomic mass is 9.98. The van der Waals surface area contributed by atoms with E-state index in [1.54, 1.807) is 0 Å². The summed E-state index contributed by atoms with van der Waals surface area (Å²) in [7, 11) is 4.19. The topological polar surface area (TPSA) is 29.5 Å². The van der Waals surface area contributed by atoms with Crippen molar-refractivity contribution in [2.45, 2.75) is 117 Å². The lowest BCUT2D eigenvalue weighted by Gasteiger charge is -2.21. The molecule has 0 fully saturated rings. The number of allylic oxidation sites excluding steroid dienone is 2. The summed E-state index contributed by atoms with van der Waals surface area (Å²) < 4.78 is 5.86. The van der Waals surface area contributed by atoms with Crippen molar-refractivity contribution in [2.24, 2.45) is 0 Å². The van der Waals surface area contributed by atoms with Gasteiger partial charge in [0.05, 0.1) is 0 Å². The Kier molecular flexibility index (Phi) is 18.8. The van der Waals surface area contributed by atoms with Crippen LogP contribution in [0.1, 0.15) is 110 Å². The predicted molar refractivity (Wildman–Crippen MR) is 166 cm³/mol. The van der Waals surface area contributed by atoms with Crippen molar-refractivity contribution in [3.8, 4) is 17.6 Å². The number of carbonyl (C=O) groups excluding carboxylic acids is 1. The second kappa shape index (κ2) is 21.4. The molecule has 0 aromatic heterocycles. The fourth-order valence-corrected chi connectivity index (χ4v) is 4.26. The van der Waals surface area contributed by atoms with E-state index in [1.807, 2.05) is 26.0 Å². The fraction of sp³-hybridized carbons (Fsp3) is 0.571. The van der Waals surface area contributed by atoms with Gasteiger partial charge in [-0.3, -0.25) is 4.79 Å². The van der Waals surface area contributed by atoms with E-state index in [0.29, 0.717) is 18.2 Å². The first kappa shape index (κ1) is 33.5. The van der Waals surface area contributed by atoms with Gasteiger partial charge < -0.3 is 9.64 Å². The molecule has 2 aromatic rings. The zero-order valence-corrected chi connectivity index (χ0v) is 25.2. The molecule has 1 atom stereocenters. The number of carbonyl (C=O) groups is 1. The molecule has 1 unspecified atom stereocenters. The highest BCUT2D eigenvalue weighted by Gasteiger charge is 2.14. The van der Waals surface area contributed by atoms with E-state index in [1.165, 1.54) is 44.1 Å². The van der Waals surface area contributed by atoms with Gasteiger partial charge in [0.15, 0.2) is 0 Å². The van der Waals surface area contributed by atoms with Crippen LogP contribution in [0, 0.1) is 11.8 Å². The van der Waals surface area contributed by atoms with E-state index in [-0.39, 0.29) is 5.97 Å². The predicted octanol–water partition coefficient (Wildman–Crippen LogP) is 9.52. The Bertz CT molecular complexity index is 991. The maximum Gasteiger partial charge on any atom is 0.311 e. The minimum atomic E-state index is -0.128. The second-order valence-electron chi connectivity index (χ2n) is 10.1. The molecule has 2 aromatic carbocycles. The number of fused-ring (bicyclic) bond motifs is 1. The van der Waals surface area contributed by atoms with Crippen LogP contribution in [0.2, 0.25) is 0 Å². The first-order chi connectivity index (χ1) is 18.5. The van der Waals surface area contributed by atoms with Crippen molar-refractivity contribution in [3.05, 3.63) is 54.1 Å². The lowest BCUT2D eigenvalue weighted by Crippen LogP contribution is -2.26. The normalized spacial score (nSPS) is 11.7. The Labute approximate surface area is 234 Å². The van der Waals surface area contributed by atoms with E-state index in [2.05, 4.69) is 81.1 Å². The van der Waals surface area contributed by atoms with Gasteiger partial charge >= 0.3 is 5.97 Å². The number of hydrogen-bond donors (Lipinski definition) is 0. The van der Waals surface area contributed by atoms with E-state index in [4.69, 9.17) is 4.74 Å². The number of benzene rings is 2. The third-order valence-electron chi connectivity index (χ3n) is 6.74. The number of unbranched alkanes of at least 4 members (excludes halogenated alkanes) is 8. The molecular weight excluding hydrogens is 466 g/mol. The molecule has 0 aliphatic carbocycles. The summed E-state index contributed by atoms with van der Waals surface area (Å²) in [6.07, 6.45) is 18.2. The van der Waals surface area contributed by atoms with Crippen LogP contribution in [0.3, 0.4) is 0 Å². The molecule has 0 spiro atoms. The van der Waals surface area contributed by atoms with Crippen LogP contribution in [0.5, 0.6) is 5.75 Å². The summed E-state index contributed by atoms with van der Waals surface area (Å²) in [4.78, 5) is 14.8. The second-order valence-corrected chi connectivity index (χ2v) is 10.1. The summed E-state index contributed by atoms with van der Waals surface area (Å²) in [5.41, 5.74) is 1.23. The third-order valence-corrected chi connectivity index (χ3v) is 6.74. The molecule has 0 saturated carbocycles. The quantitative estimate of drug-likeness (QED) is 0.0727. The molecule has 38 heavy (non-hydrogen) atoms. The van der Waals surface area contributed by atoms with E-state index >= 15 is 0 Å². The fourth-order valence-electron chi connectivity index (χ4n) is 4.26. The smallest absolute Gasteiger partial charge is 0.311 e. The first-order valence-electron chi connectivity index (χ1n) is 15.0. The Balaban J connectivity index is 0.00000352. The largest absolute Gasteiger partial charge is 0.426 e. The molecular formula is C35H53NO2. The Morgan fingerprint density at radius 3 is 2.37 bits per heavy atom. The summed E-state index contributed by atoms with van der Waals surface area (Å²) in [5, 5.41) is 2.19. The molecule has 0 aliphatic heterocycles. The third kappa shape index (κ3) is 13.8. The van der Waals surface area contributed by atoms with Crippen LogP contribution in [-0.4, -0.2) is 31.0 Å². The molecule has 0 heterocycles. The molecule has 0 N–H and O–H groups in total. The Morgan fingerprint density at radius 2 is 1.63 bits per heavy atom. The minimum Gasteiger partial charge on any atom is -0.426 e. The van der Waals surface area contributed by atoms with Crippen molar-refractivity contribution < 1.29 is 9.53 Å². The monoisotopic (exact) mass is 519 g/mol. The molecule has 0 saturated heterocycles. The molecule has 3 heteroatoms. The van der Waals surface area contributed by atoms with Gasteiger partial charge in [-0.05, 0) is 70.1 Å². The molecule has 0 radical (unpaired) electrons. The van der Waals surface area contributed by atoms with Crippen LogP contribution in [0.4, 0.5) is 0 Å². The number of nitrogens with zero attached hydrogens (tertiary/aromatic N) is 1. The van der Waals surface area contributed by atoms with Crippen LogP contribution >= 0.6 is 0 Å². The van der Waals surface area contributed by atoms with Crippen LogP contribution in [0.15, 0.2) is 48.6 Å². The first-order valence-corrected chi connectivity index (χ1v) is 15.0. The van der Waals surface area contributed by atoms with Crippen LogP contribution in [0.25, 0.3) is 10.8 Å². The Morgan fingerprint density at radius 1 is 0.921 bits per heavy atom. The molecule has 0 amide bonds. The standard InChI is InChI=1S/C33H47NO2.C2H6/c1-5-6-7-8-9-10-11-12-13-14-15-16-17-18-19-26-32(35)36-31-25-21-23-29-22-20-24-30(33(29)31)27-28(2)34(3)4;1-2/h12-13,20-25,28H,5-8,11,14-19,26-27H2,1-4H3;1-2H3/b13-12-;. The number of rotatable bonds is 16. The van der Waals surface area contributed by atoms with Crippen molar-refractivity contribution in [3.63, 3.8) is 0 Å². The van der Waals surface area contributed by atoms with E-state index in [9.17, 15) is 4.79 Å². The minimum absolute atomic E-state index is 0.128. The summed E-state index contributed by atoms with van der Waals surface area (Å²) in [5.74, 6) is 7.05. The molecule has 0 aliphatic rings. The zero-order valence-electron chi connectivity index (χ0n) is 25.2. The number of esters is 1. The van der Waals surface area contributed by atoms with Crippen molar-refractivity contribution in [1.82, 2.24) is 4.90 Å². The van der Waals surface area contributed by atoms with Gasteiger partial charge in [0, 0.05) is 30.7 Å². The zero-order chi connectivity index (χ0) is 28.0. The van der Waals surface area contributed by atoms with E-state index in [0.717, 1.165) is 49.3 Å².